The minimum Gasteiger partial charge on any atom is -0.390 e. The van der Waals surface area contributed by atoms with E-state index >= 15 is 0 Å². The van der Waals surface area contributed by atoms with E-state index in [9.17, 15) is 15.0 Å². The molecule has 1 rings (SSSR count). The number of allylic oxidation sites excluding steroid dienone is 2. The smallest absolute Gasteiger partial charge is 0.152 e. The van der Waals surface area contributed by atoms with E-state index in [2.05, 4.69) is 0 Å². The van der Waals surface area contributed by atoms with Crippen molar-refractivity contribution in [1.29, 1.82) is 0 Å². The molecule has 92 valence electrons. The number of carbonyl (C=O) groups excluding carboxylic acids is 1. The molecule has 0 aromatic rings. The summed E-state index contributed by atoms with van der Waals surface area (Å²) in [7, 11) is 0. The standard InChI is InChI=1S/C13H22O3/c1-8-7-11(15)12(16)13(3,4)10(8)6-5-9(2)14/h5-6,8,10-12,15-16H,7H2,1-4H3. The Kier molecular flexibility index (Phi) is 3.92. The van der Waals surface area contributed by atoms with Gasteiger partial charge in [-0.1, -0.05) is 26.8 Å². The molecule has 3 nitrogen and oxygen atoms in total. The van der Waals surface area contributed by atoms with E-state index in [1.165, 1.54) is 6.92 Å². The molecule has 2 N–H and O–H groups in total. The Labute approximate surface area is 97.2 Å². The zero-order valence-corrected chi connectivity index (χ0v) is 10.5. The number of hydrogen-bond donors (Lipinski definition) is 2. The Hall–Kier alpha value is -0.670. The van der Waals surface area contributed by atoms with Gasteiger partial charge in [0.05, 0.1) is 12.2 Å². The number of aliphatic hydroxyl groups is 2. The average molecular weight is 226 g/mol. The molecule has 0 spiro atoms. The summed E-state index contributed by atoms with van der Waals surface area (Å²) in [6.07, 6.45) is 2.63. The van der Waals surface area contributed by atoms with Crippen molar-refractivity contribution < 1.29 is 15.0 Å². The first-order valence-electron chi connectivity index (χ1n) is 5.81. The van der Waals surface area contributed by atoms with Crippen molar-refractivity contribution in [1.82, 2.24) is 0 Å². The van der Waals surface area contributed by atoms with Crippen LogP contribution in [0.3, 0.4) is 0 Å². The molecule has 1 aliphatic carbocycles. The molecule has 0 aromatic carbocycles. The lowest BCUT2D eigenvalue weighted by Crippen LogP contribution is -2.51. The van der Waals surface area contributed by atoms with Gasteiger partial charge < -0.3 is 10.2 Å². The third-order valence-electron chi connectivity index (χ3n) is 3.75. The summed E-state index contributed by atoms with van der Waals surface area (Å²) >= 11 is 0. The highest BCUT2D eigenvalue weighted by Gasteiger charge is 2.46. The maximum atomic E-state index is 11.0. The van der Waals surface area contributed by atoms with Gasteiger partial charge >= 0.3 is 0 Å². The van der Waals surface area contributed by atoms with Gasteiger partial charge in [0.1, 0.15) is 0 Å². The van der Waals surface area contributed by atoms with Crippen molar-refractivity contribution in [2.75, 3.05) is 0 Å². The predicted octanol–water partition coefficient (Wildman–Crippen LogP) is 1.54. The topological polar surface area (TPSA) is 57.5 Å². The first-order valence-corrected chi connectivity index (χ1v) is 5.81. The van der Waals surface area contributed by atoms with Crippen LogP contribution < -0.4 is 0 Å². The van der Waals surface area contributed by atoms with Gasteiger partial charge in [0.2, 0.25) is 0 Å². The van der Waals surface area contributed by atoms with E-state index in [4.69, 9.17) is 0 Å². The summed E-state index contributed by atoms with van der Waals surface area (Å²) in [5.74, 6) is 0.405. The second-order valence-electron chi connectivity index (χ2n) is 5.54. The fraction of sp³-hybridized carbons (Fsp3) is 0.769. The molecule has 4 unspecified atom stereocenters. The predicted molar refractivity (Wildman–Crippen MR) is 62.9 cm³/mol. The van der Waals surface area contributed by atoms with Gasteiger partial charge in [-0.25, -0.2) is 0 Å². The quantitative estimate of drug-likeness (QED) is 0.702. The third kappa shape index (κ3) is 2.53. The number of carbonyl (C=O) groups is 1. The molecule has 4 atom stereocenters. The van der Waals surface area contributed by atoms with E-state index in [0.717, 1.165) is 0 Å². The largest absolute Gasteiger partial charge is 0.390 e. The molecule has 0 aliphatic heterocycles. The molecule has 16 heavy (non-hydrogen) atoms. The highest BCUT2D eigenvalue weighted by atomic mass is 16.3. The molecule has 0 saturated heterocycles. The molecule has 1 fully saturated rings. The Morgan fingerprint density at radius 2 is 1.94 bits per heavy atom. The van der Waals surface area contributed by atoms with Crippen LogP contribution in [0.25, 0.3) is 0 Å². The molecular weight excluding hydrogens is 204 g/mol. The van der Waals surface area contributed by atoms with Crippen LogP contribution in [0, 0.1) is 17.3 Å². The molecule has 0 aromatic heterocycles. The maximum absolute atomic E-state index is 11.0. The molecule has 3 heteroatoms. The Morgan fingerprint density at radius 1 is 1.38 bits per heavy atom. The van der Waals surface area contributed by atoms with Crippen molar-refractivity contribution in [3.05, 3.63) is 12.2 Å². The van der Waals surface area contributed by atoms with E-state index in [1.54, 1.807) is 6.08 Å². The minimum atomic E-state index is -0.731. The highest BCUT2D eigenvalue weighted by molar-refractivity contribution is 5.87. The second-order valence-corrected chi connectivity index (χ2v) is 5.54. The summed E-state index contributed by atoms with van der Waals surface area (Å²) in [4.78, 5) is 11.0. The summed E-state index contributed by atoms with van der Waals surface area (Å²) in [6, 6.07) is 0. The summed E-state index contributed by atoms with van der Waals surface area (Å²) < 4.78 is 0. The Morgan fingerprint density at radius 3 is 2.44 bits per heavy atom. The lowest BCUT2D eigenvalue weighted by Gasteiger charge is -2.47. The van der Waals surface area contributed by atoms with Crippen molar-refractivity contribution in [2.45, 2.75) is 46.3 Å². The van der Waals surface area contributed by atoms with Gasteiger partial charge in [-0.2, -0.15) is 0 Å². The number of ketones is 1. The molecule has 1 saturated carbocycles. The monoisotopic (exact) mass is 226 g/mol. The highest BCUT2D eigenvalue weighted by Crippen LogP contribution is 2.44. The molecule has 0 bridgehead atoms. The average Bonchev–Trinajstić information content (AvgIpc) is 2.13. The van der Waals surface area contributed by atoms with Gasteiger partial charge in [0.25, 0.3) is 0 Å². The van der Waals surface area contributed by atoms with Crippen LogP contribution in [0.2, 0.25) is 0 Å². The van der Waals surface area contributed by atoms with Crippen molar-refractivity contribution in [3.8, 4) is 0 Å². The third-order valence-corrected chi connectivity index (χ3v) is 3.75. The summed E-state index contributed by atoms with van der Waals surface area (Å²) in [5.41, 5.74) is -0.400. The Bertz CT molecular complexity index is 294. The summed E-state index contributed by atoms with van der Waals surface area (Å²) in [5, 5.41) is 19.7. The van der Waals surface area contributed by atoms with Crippen LogP contribution in [0.4, 0.5) is 0 Å². The number of hydrogen-bond acceptors (Lipinski definition) is 3. The Balaban J connectivity index is 2.92. The maximum Gasteiger partial charge on any atom is 0.152 e. The van der Waals surface area contributed by atoms with Gasteiger partial charge in [0.15, 0.2) is 5.78 Å². The normalized spacial score (nSPS) is 38.9. The van der Waals surface area contributed by atoms with Crippen LogP contribution >= 0.6 is 0 Å². The van der Waals surface area contributed by atoms with Crippen LogP contribution in [0.5, 0.6) is 0 Å². The minimum absolute atomic E-state index is 0.0172. The SMILES string of the molecule is CC(=O)C=CC1C(C)CC(O)C(O)C1(C)C. The lowest BCUT2D eigenvalue weighted by molar-refractivity contribution is -0.117. The van der Waals surface area contributed by atoms with E-state index in [-0.39, 0.29) is 17.6 Å². The summed E-state index contributed by atoms with van der Waals surface area (Å²) in [6.45, 7) is 7.44. The molecule has 0 heterocycles. The first kappa shape index (κ1) is 13.4. The van der Waals surface area contributed by atoms with Gasteiger partial charge in [-0.15, -0.1) is 0 Å². The second kappa shape index (κ2) is 4.68. The van der Waals surface area contributed by atoms with Crippen molar-refractivity contribution in [3.63, 3.8) is 0 Å². The van der Waals surface area contributed by atoms with Crippen LogP contribution in [-0.4, -0.2) is 28.2 Å². The van der Waals surface area contributed by atoms with Crippen molar-refractivity contribution in [2.24, 2.45) is 17.3 Å². The fourth-order valence-corrected chi connectivity index (χ4v) is 2.76. The number of aliphatic hydroxyl groups excluding tert-OH is 2. The van der Waals surface area contributed by atoms with Gasteiger partial charge in [-0.05, 0) is 36.7 Å². The van der Waals surface area contributed by atoms with Crippen LogP contribution in [0.15, 0.2) is 12.2 Å². The zero-order chi connectivity index (χ0) is 12.5. The van der Waals surface area contributed by atoms with E-state index < -0.39 is 17.6 Å². The zero-order valence-electron chi connectivity index (χ0n) is 10.5. The van der Waals surface area contributed by atoms with Crippen molar-refractivity contribution >= 4 is 5.78 Å². The van der Waals surface area contributed by atoms with Gasteiger partial charge in [0, 0.05) is 0 Å². The van der Waals surface area contributed by atoms with Crippen LogP contribution in [0.1, 0.15) is 34.1 Å². The van der Waals surface area contributed by atoms with Crippen LogP contribution in [-0.2, 0) is 4.79 Å². The number of rotatable bonds is 2. The first-order chi connectivity index (χ1) is 7.26. The molecular formula is C13H22O3. The fourth-order valence-electron chi connectivity index (χ4n) is 2.76. The molecule has 0 amide bonds. The van der Waals surface area contributed by atoms with Gasteiger partial charge in [-0.3, -0.25) is 4.79 Å². The lowest BCUT2D eigenvalue weighted by atomic mass is 9.61. The van der Waals surface area contributed by atoms with E-state index in [0.29, 0.717) is 6.42 Å². The molecule has 1 aliphatic rings. The van der Waals surface area contributed by atoms with E-state index in [1.807, 2.05) is 26.8 Å². The molecule has 0 radical (unpaired) electrons.